The van der Waals surface area contributed by atoms with Gasteiger partial charge in [-0.3, -0.25) is 19.7 Å². The number of fused-ring (bicyclic) bond motifs is 1. The molecule has 0 spiro atoms. The largest absolute Gasteiger partial charge is 0.464 e. The molecule has 0 heterocycles. The average Bonchev–Trinajstić information content (AvgIpc) is 2.83. The van der Waals surface area contributed by atoms with Gasteiger partial charge >= 0.3 is 5.97 Å². The number of non-ortho nitro benzene ring substituents is 1. The van der Waals surface area contributed by atoms with E-state index in [2.05, 4.69) is 10.6 Å². The summed E-state index contributed by atoms with van der Waals surface area (Å²) in [7, 11) is 0. The van der Waals surface area contributed by atoms with Crippen LogP contribution in [-0.2, 0) is 20.7 Å². The molecule has 34 heavy (non-hydrogen) atoms. The standard InChI is InChI=1S/C25H25N3O6/c1-3-34-25(31)16(2)26-24(30)22(15-17-11-13-19(14-12-17)28(32)33)27-23(29)21-10-6-8-18-7-4-5-9-20(18)21/h4-14,16,22H,3,15H2,1-2H3,(H,26,30)(H,27,29)/t16-,22?/m0/s1. The minimum absolute atomic E-state index is 0.0654. The summed E-state index contributed by atoms with van der Waals surface area (Å²) in [6, 6.07) is 16.5. The first-order valence-electron chi connectivity index (χ1n) is 10.8. The van der Waals surface area contributed by atoms with Gasteiger partial charge in [0.15, 0.2) is 0 Å². The summed E-state index contributed by atoms with van der Waals surface area (Å²) in [4.78, 5) is 48.6. The molecule has 2 atom stereocenters. The first-order chi connectivity index (χ1) is 16.3. The molecule has 0 aliphatic heterocycles. The van der Waals surface area contributed by atoms with E-state index in [1.807, 2.05) is 30.3 Å². The third-order valence-electron chi connectivity index (χ3n) is 5.24. The molecular weight excluding hydrogens is 438 g/mol. The average molecular weight is 463 g/mol. The summed E-state index contributed by atoms with van der Waals surface area (Å²) < 4.78 is 4.93. The van der Waals surface area contributed by atoms with Gasteiger partial charge in [0, 0.05) is 24.1 Å². The molecule has 9 nitrogen and oxygen atoms in total. The van der Waals surface area contributed by atoms with Crippen LogP contribution in [0.2, 0.25) is 0 Å². The van der Waals surface area contributed by atoms with Crippen LogP contribution in [-0.4, -0.2) is 41.4 Å². The second-order valence-electron chi connectivity index (χ2n) is 7.66. The molecule has 2 N–H and O–H groups in total. The van der Waals surface area contributed by atoms with Gasteiger partial charge in [0.25, 0.3) is 11.6 Å². The highest BCUT2D eigenvalue weighted by atomic mass is 16.6. The van der Waals surface area contributed by atoms with Crippen molar-refractivity contribution in [1.82, 2.24) is 10.6 Å². The van der Waals surface area contributed by atoms with E-state index in [-0.39, 0.29) is 18.7 Å². The van der Waals surface area contributed by atoms with Crippen LogP contribution in [0.25, 0.3) is 10.8 Å². The maximum atomic E-state index is 13.2. The highest BCUT2D eigenvalue weighted by molar-refractivity contribution is 6.08. The van der Waals surface area contributed by atoms with Crippen molar-refractivity contribution >= 4 is 34.2 Å². The fourth-order valence-electron chi connectivity index (χ4n) is 3.50. The van der Waals surface area contributed by atoms with Gasteiger partial charge in [0.05, 0.1) is 11.5 Å². The van der Waals surface area contributed by atoms with Gasteiger partial charge in [-0.2, -0.15) is 0 Å². The van der Waals surface area contributed by atoms with E-state index in [0.717, 1.165) is 10.8 Å². The van der Waals surface area contributed by atoms with Crippen molar-refractivity contribution in [2.45, 2.75) is 32.4 Å². The van der Waals surface area contributed by atoms with Crippen molar-refractivity contribution < 1.29 is 24.0 Å². The van der Waals surface area contributed by atoms with Crippen LogP contribution in [0.5, 0.6) is 0 Å². The lowest BCUT2D eigenvalue weighted by Gasteiger charge is -2.21. The fraction of sp³-hybridized carbons (Fsp3) is 0.240. The Morgan fingerprint density at radius 3 is 2.32 bits per heavy atom. The quantitative estimate of drug-likeness (QED) is 0.285. The van der Waals surface area contributed by atoms with Crippen molar-refractivity contribution in [2.75, 3.05) is 6.61 Å². The highest BCUT2D eigenvalue weighted by Gasteiger charge is 2.26. The Hall–Kier alpha value is -4.27. The Kier molecular flexibility index (Phi) is 7.92. The smallest absolute Gasteiger partial charge is 0.328 e. The molecule has 2 amide bonds. The Labute approximate surface area is 196 Å². The van der Waals surface area contributed by atoms with Gasteiger partial charge in [0.2, 0.25) is 5.91 Å². The van der Waals surface area contributed by atoms with Crippen LogP contribution in [0.15, 0.2) is 66.7 Å². The van der Waals surface area contributed by atoms with E-state index < -0.39 is 34.8 Å². The second-order valence-corrected chi connectivity index (χ2v) is 7.66. The van der Waals surface area contributed by atoms with Gasteiger partial charge in [-0.15, -0.1) is 0 Å². The van der Waals surface area contributed by atoms with E-state index in [4.69, 9.17) is 4.74 Å². The van der Waals surface area contributed by atoms with Gasteiger partial charge in [0.1, 0.15) is 12.1 Å². The molecule has 3 aromatic rings. The minimum atomic E-state index is -1.04. The van der Waals surface area contributed by atoms with Crippen molar-refractivity contribution in [1.29, 1.82) is 0 Å². The van der Waals surface area contributed by atoms with E-state index in [9.17, 15) is 24.5 Å². The number of rotatable bonds is 9. The SMILES string of the molecule is CCOC(=O)[C@H](C)NC(=O)C(Cc1ccc([N+](=O)[O-])cc1)NC(=O)c1cccc2ccccc12. The third-order valence-corrected chi connectivity index (χ3v) is 5.24. The molecular formula is C25H25N3O6. The van der Waals surface area contributed by atoms with E-state index >= 15 is 0 Å². The van der Waals surface area contributed by atoms with Gasteiger partial charge < -0.3 is 15.4 Å². The number of hydrogen-bond acceptors (Lipinski definition) is 6. The number of benzene rings is 3. The first-order valence-corrected chi connectivity index (χ1v) is 10.8. The van der Waals surface area contributed by atoms with Crippen molar-refractivity contribution in [2.24, 2.45) is 0 Å². The van der Waals surface area contributed by atoms with Gasteiger partial charge in [-0.1, -0.05) is 48.5 Å². The molecule has 0 saturated carbocycles. The molecule has 0 aliphatic carbocycles. The van der Waals surface area contributed by atoms with Gasteiger partial charge in [-0.25, -0.2) is 4.79 Å². The number of nitrogens with one attached hydrogen (secondary N) is 2. The minimum Gasteiger partial charge on any atom is -0.464 e. The maximum absolute atomic E-state index is 13.2. The zero-order chi connectivity index (χ0) is 24.7. The number of hydrogen-bond donors (Lipinski definition) is 2. The van der Waals surface area contributed by atoms with Crippen LogP contribution < -0.4 is 10.6 Å². The van der Waals surface area contributed by atoms with Crippen molar-refractivity contribution in [3.63, 3.8) is 0 Å². The predicted octanol–water partition coefficient (Wildman–Crippen LogP) is 3.16. The molecule has 9 heteroatoms. The molecule has 0 fully saturated rings. The summed E-state index contributed by atoms with van der Waals surface area (Å²) in [6.07, 6.45) is 0.0654. The fourth-order valence-corrected chi connectivity index (χ4v) is 3.50. The molecule has 3 rings (SSSR count). The highest BCUT2D eigenvalue weighted by Crippen LogP contribution is 2.19. The Balaban J connectivity index is 1.85. The molecule has 3 aromatic carbocycles. The van der Waals surface area contributed by atoms with Gasteiger partial charge in [-0.05, 0) is 36.2 Å². The third kappa shape index (κ3) is 5.94. The number of nitro benzene ring substituents is 1. The lowest BCUT2D eigenvalue weighted by atomic mass is 10.0. The molecule has 176 valence electrons. The van der Waals surface area contributed by atoms with Crippen LogP contribution >= 0.6 is 0 Å². The lowest BCUT2D eigenvalue weighted by molar-refractivity contribution is -0.384. The number of nitro groups is 1. The zero-order valence-electron chi connectivity index (χ0n) is 18.8. The number of carbonyl (C=O) groups is 3. The second kappa shape index (κ2) is 11.0. The van der Waals surface area contributed by atoms with Crippen molar-refractivity contribution in [3.05, 3.63) is 88.0 Å². The Morgan fingerprint density at radius 2 is 1.65 bits per heavy atom. The molecule has 0 bridgehead atoms. The van der Waals surface area contributed by atoms with E-state index in [0.29, 0.717) is 11.1 Å². The summed E-state index contributed by atoms with van der Waals surface area (Å²) in [5, 5.41) is 17.9. The Morgan fingerprint density at radius 1 is 0.971 bits per heavy atom. The summed E-state index contributed by atoms with van der Waals surface area (Å²) in [6.45, 7) is 3.32. The number of ether oxygens (including phenoxy) is 1. The normalized spacial score (nSPS) is 12.4. The zero-order valence-corrected chi connectivity index (χ0v) is 18.8. The first kappa shape index (κ1) is 24.4. The lowest BCUT2D eigenvalue weighted by Crippen LogP contribution is -2.52. The maximum Gasteiger partial charge on any atom is 0.328 e. The monoisotopic (exact) mass is 463 g/mol. The molecule has 0 aliphatic rings. The van der Waals surface area contributed by atoms with Crippen molar-refractivity contribution in [3.8, 4) is 0 Å². The molecule has 0 saturated heterocycles. The van der Waals surface area contributed by atoms with Crippen LogP contribution in [0.1, 0.15) is 29.8 Å². The number of amides is 2. The Bertz CT molecular complexity index is 1200. The predicted molar refractivity (Wildman–Crippen MR) is 126 cm³/mol. The number of carbonyl (C=O) groups excluding carboxylic acids is 3. The van der Waals surface area contributed by atoms with Crippen LogP contribution in [0.4, 0.5) is 5.69 Å². The number of nitrogens with zero attached hydrogens (tertiary/aromatic N) is 1. The van der Waals surface area contributed by atoms with E-state index in [1.54, 1.807) is 19.1 Å². The molecule has 0 radical (unpaired) electrons. The van der Waals surface area contributed by atoms with Crippen LogP contribution in [0, 0.1) is 10.1 Å². The van der Waals surface area contributed by atoms with Crippen LogP contribution in [0.3, 0.4) is 0 Å². The van der Waals surface area contributed by atoms with E-state index in [1.165, 1.54) is 31.2 Å². The molecule has 0 aromatic heterocycles. The summed E-state index contributed by atoms with van der Waals surface area (Å²) in [5.41, 5.74) is 0.922. The summed E-state index contributed by atoms with van der Waals surface area (Å²) >= 11 is 0. The topological polar surface area (TPSA) is 128 Å². The molecule has 1 unspecified atom stereocenters. The number of esters is 1. The summed E-state index contributed by atoms with van der Waals surface area (Å²) in [5.74, 6) is -1.62.